The van der Waals surface area contributed by atoms with E-state index in [1.165, 1.54) is 12.2 Å². The van der Waals surface area contributed by atoms with Gasteiger partial charge in [0, 0.05) is 0 Å². The number of allylic oxidation sites excluding steroid dienone is 3. The second-order valence-corrected chi connectivity index (χ2v) is 3.40. The standard InChI is InChI=1S/C11H8N4S/c1-8(9(6-12)14-2)4-5-11(16)10(7-13)15-3/h4-5,10-11,16H,1H3. The summed E-state index contributed by atoms with van der Waals surface area (Å²) in [6.07, 6.45) is 3.07. The van der Waals surface area contributed by atoms with Crippen molar-refractivity contribution in [3.05, 3.63) is 46.3 Å². The van der Waals surface area contributed by atoms with Gasteiger partial charge in [-0.3, -0.25) is 4.85 Å². The van der Waals surface area contributed by atoms with Crippen molar-refractivity contribution in [2.45, 2.75) is 18.2 Å². The molecule has 0 aromatic heterocycles. The number of nitriles is 2. The largest absolute Gasteiger partial charge is 0.321 e. The van der Waals surface area contributed by atoms with Crippen molar-refractivity contribution in [3.63, 3.8) is 0 Å². The van der Waals surface area contributed by atoms with Crippen LogP contribution in [0.2, 0.25) is 0 Å². The summed E-state index contributed by atoms with van der Waals surface area (Å²) in [5.41, 5.74) is 0.492. The molecule has 0 rings (SSSR count). The molecule has 0 saturated heterocycles. The lowest BCUT2D eigenvalue weighted by molar-refractivity contribution is 0.995. The van der Waals surface area contributed by atoms with E-state index in [2.05, 4.69) is 22.3 Å². The molecule has 0 aliphatic carbocycles. The van der Waals surface area contributed by atoms with E-state index >= 15 is 0 Å². The van der Waals surface area contributed by atoms with E-state index in [4.69, 9.17) is 23.7 Å². The SMILES string of the molecule is [C-]#[N+]C(C#N)=C(C)C=CC(S)C(C#N)[N+]#[C-]. The smallest absolute Gasteiger partial charge is 0.296 e. The van der Waals surface area contributed by atoms with Crippen molar-refractivity contribution in [2.75, 3.05) is 0 Å². The molecule has 0 aliphatic rings. The van der Waals surface area contributed by atoms with E-state index < -0.39 is 11.3 Å². The van der Waals surface area contributed by atoms with Gasteiger partial charge in [0.1, 0.15) is 5.25 Å². The highest BCUT2D eigenvalue weighted by Crippen LogP contribution is 2.11. The van der Waals surface area contributed by atoms with Crippen molar-refractivity contribution >= 4 is 12.6 Å². The molecule has 0 radical (unpaired) electrons. The second-order valence-electron chi connectivity index (χ2n) is 2.81. The minimum atomic E-state index is -0.856. The molecular formula is C11H8N4S. The van der Waals surface area contributed by atoms with Crippen LogP contribution >= 0.6 is 12.6 Å². The molecule has 0 aromatic carbocycles. The molecule has 0 saturated carbocycles. The summed E-state index contributed by atoms with van der Waals surface area (Å²) < 4.78 is 0. The van der Waals surface area contributed by atoms with Gasteiger partial charge in [-0.2, -0.15) is 17.9 Å². The fraction of sp³-hybridized carbons (Fsp3) is 0.273. The Morgan fingerprint density at radius 1 is 1.44 bits per heavy atom. The van der Waals surface area contributed by atoms with Crippen molar-refractivity contribution in [1.29, 1.82) is 10.5 Å². The summed E-state index contributed by atoms with van der Waals surface area (Å²) in [5.74, 6) is 0. The normalized spacial score (nSPS) is 14.9. The monoisotopic (exact) mass is 228 g/mol. The number of thiol groups is 1. The molecule has 0 heterocycles. The minimum Gasteiger partial charge on any atom is -0.296 e. The predicted octanol–water partition coefficient (Wildman–Crippen LogP) is 2.37. The average molecular weight is 228 g/mol. The van der Waals surface area contributed by atoms with Crippen LogP contribution in [0.3, 0.4) is 0 Å². The molecule has 78 valence electrons. The van der Waals surface area contributed by atoms with Gasteiger partial charge in [-0.15, -0.1) is 0 Å². The third-order valence-electron chi connectivity index (χ3n) is 1.73. The number of nitrogens with zero attached hydrogens (tertiary/aromatic N) is 4. The van der Waals surface area contributed by atoms with Gasteiger partial charge in [0.2, 0.25) is 0 Å². The zero-order valence-corrected chi connectivity index (χ0v) is 9.44. The first-order chi connectivity index (χ1) is 7.60. The fourth-order valence-electron chi connectivity index (χ4n) is 0.810. The number of hydrogen-bond acceptors (Lipinski definition) is 3. The highest BCUT2D eigenvalue weighted by molar-refractivity contribution is 7.81. The zero-order chi connectivity index (χ0) is 12.6. The second kappa shape index (κ2) is 7.13. The summed E-state index contributed by atoms with van der Waals surface area (Å²) in [7, 11) is 0. The van der Waals surface area contributed by atoms with Gasteiger partial charge in [-0.05, 0) is 12.5 Å². The van der Waals surface area contributed by atoms with Gasteiger partial charge >= 0.3 is 6.04 Å². The van der Waals surface area contributed by atoms with Crippen LogP contribution in [0.5, 0.6) is 0 Å². The first-order valence-corrected chi connectivity index (χ1v) is 4.73. The highest BCUT2D eigenvalue weighted by atomic mass is 32.1. The van der Waals surface area contributed by atoms with E-state index in [-0.39, 0.29) is 5.70 Å². The quantitative estimate of drug-likeness (QED) is 0.349. The first-order valence-electron chi connectivity index (χ1n) is 4.21. The molecule has 0 bridgehead atoms. The lowest BCUT2D eigenvalue weighted by atomic mass is 10.1. The van der Waals surface area contributed by atoms with Crippen LogP contribution in [0.1, 0.15) is 6.92 Å². The molecule has 0 N–H and O–H groups in total. The van der Waals surface area contributed by atoms with Gasteiger partial charge in [-0.1, -0.05) is 12.2 Å². The average Bonchev–Trinajstić information content (AvgIpc) is 2.29. The molecule has 16 heavy (non-hydrogen) atoms. The van der Waals surface area contributed by atoms with E-state index in [1.54, 1.807) is 13.0 Å². The lowest BCUT2D eigenvalue weighted by Gasteiger charge is -2.00. The molecule has 0 aromatic rings. The van der Waals surface area contributed by atoms with Crippen LogP contribution in [0.4, 0.5) is 0 Å². The Kier molecular flexibility index (Phi) is 6.15. The third-order valence-corrected chi connectivity index (χ3v) is 2.18. The van der Waals surface area contributed by atoms with Crippen molar-refractivity contribution < 1.29 is 0 Å². The Morgan fingerprint density at radius 3 is 2.44 bits per heavy atom. The van der Waals surface area contributed by atoms with Crippen LogP contribution in [-0.4, -0.2) is 11.3 Å². The topological polar surface area (TPSA) is 56.3 Å². The summed E-state index contributed by atoms with van der Waals surface area (Å²) in [4.78, 5) is 6.13. The maximum Gasteiger partial charge on any atom is 0.321 e. The minimum absolute atomic E-state index is 0.00639. The summed E-state index contributed by atoms with van der Waals surface area (Å²) in [5, 5.41) is 16.7. The van der Waals surface area contributed by atoms with Gasteiger partial charge in [-0.25, -0.2) is 16.7 Å². The molecule has 5 heteroatoms. The molecular weight excluding hydrogens is 220 g/mol. The Labute approximate surface area is 100 Å². The van der Waals surface area contributed by atoms with Crippen molar-refractivity contribution in [1.82, 2.24) is 0 Å². The fourth-order valence-corrected chi connectivity index (χ4v) is 1.03. The van der Waals surface area contributed by atoms with E-state index in [9.17, 15) is 0 Å². The van der Waals surface area contributed by atoms with Gasteiger partial charge in [0.05, 0.1) is 12.6 Å². The predicted molar refractivity (Wildman–Crippen MR) is 62.8 cm³/mol. The van der Waals surface area contributed by atoms with Gasteiger partial charge in [0.25, 0.3) is 5.70 Å². The van der Waals surface area contributed by atoms with Crippen LogP contribution in [0.25, 0.3) is 9.69 Å². The molecule has 0 amide bonds. The first kappa shape index (κ1) is 13.8. The van der Waals surface area contributed by atoms with E-state index in [0.29, 0.717) is 5.57 Å². The van der Waals surface area contributed by atoms with Crippen LogP contribution in [0.15, 0.2) is 23.4 Å². The van der Waals surface area contributed by atoms with Gasteiger partial charge in [0.15, 0.2) is 6.07 Å². The summed E-state index contributed by atoms with van der Waals surface area (Å²) in [6.45, 7) is 15.1. The highest BCUT2D eigenvalue weighted by Gasteiger charge is 2.18. The molecule has 2 unspecified atom stereocenters. The molecule has 0 spiro atoms. The Hall–Kier alpha value is -2.21. The van der Waals surface area contributed by atoms with Crippen LogP contribution in [0, 0.1) is 35.8 Å². The molecule has 0 aliphatic heterocycles. The maximum absolute atomic E-state index is 8.60. The Morgan fingerprint density at radius 2 is 2.06 bits per heavy atom. The molecule has 2 atom stereocenters. The third kappa shape index (κ3) is 3.89. The Bertz CT molecular complexity index is 446. The maximum atomic E-state index is 8.60. The lowest BCUT2D eigenvalue weighted by Crippen LogP contribution is -2.12. The van der Waals surface area contributed by atoms with Crippen molar-refractivity contribution in [3.8, 4) is 12.1 Å². The van der Waals surface area contributed by atoms with Crippen LogP contribution < -0.4 is 0 Å². The van der Waals surface area contributed by atoms with Crippen LogP contribution in [-0.2, 0) is 0 Å². The number of hydrogen-bond donors (Lipinski definition) is 1. The summed E-state index contributed by atoms with van der Waals surface area (Å²) in [6, 6.07) is 2.71. The zero-order valence-electron chi connectivity index (χ0n) is 8.55. The van der Waals surface area contributed by atoms with Crippen molar-refractivity contribution in [2.24, 2.45) is 0 Å². The Balaban J connectivity index is 4.86. The molecule has 0 fully saturated rings. The summed E-state index contributed by atoms with van der Waals surface area (Å²) >= 11 is 4.08. The van der Waals surface area contributed by atoms with Gasteiger partial charge < -0.3 is 0 Å². The van der Waals surface area contributed by atoms with E-state index in [0.717, 1.165) is 0 Å². The number of rotatable bonds is 3. The van der Waals surface area contributed by atoms with E-state index in [1.807, 2.05) is 6.07 Å². The molecule has 4 nitrogen and oxygen atoms in total.